The zero-order valence-corrected chi connectivity index (χ0v) is 16.0. The summed E-state index contributed by atoms with van der Waals surface area (Å²) in [5.74, 6) is -1.15. The number of carbonyl (C=O) groups excluding carboxylic acids is 2. The summed E-state index contributed by atoms with van der Waals surface area (Å²) in [6.07, 6.45) is -1.04. The minimum atomic E-state index is -1.04. The van der Waals surface area contributed by atoms with Crippen molar-refractivity contribution >= 4 is 23.3 Å². The second kappa shape index (κ2) is 9.50. The van der Waals surface area contributed by atoms with E-state index in [9.17, 15) is 19.7 Å². The van der Waals surface area contributed by atoms with Gasteiger partial charge in [-0.2, -0.15) is 0 Å². The largest absolute Gasteiger partial charge is 0.449 e. The first-order chi connectivity index (χ1) is 13.3. The van der Waals surface area contributed by atoms with Crippen molar-refractivity contribution in [2.45, 2.75) is 25.9 Å². The first-order valence-electron chi connectivity index (χ1n) is 8.83. The number of ether oxygens (including phenoxy) is 1. The summed E-state index contributed by atoms with van der Waals surface area (Å²) in [7, 11) is 1.58. The number of anilines is 1. The van der Waals surface area contributed by atoms with E-state index in [4.69, 9.17) is 4.74 Å². The van der Waals surface area contributed by atoms with Crippen LogP contribution in [-0.2, 0) is 9.53 Å². The Kier molecular flexibility index (Phi) is 7.08. The summed E-state index contributed by atoms with van der Waals surface area (Å²) in [6.45, 7) is 3.83. The summed E-state index contributed by atoms with van der Waals surface area (Å²) < 4.78 is 5.20. The molecular formula is C20H23N3O5. The second-order valence-corrected chi connectivity index (χ2v) is 6.34. The summed E-state index contributed by atoms with van der Waals surface area (Å²) in [5, 5.41) is 16.5. The topological polar surface area (TPSA) is 111 Å². The normalized spacial score (nSPS) is 12.5. The Morgan fingerprint density at radius 3 is 2.43 bits per heavy atom. The number of non-ortho nitro benzene ring substituents is 1. The molecule has 2 aromatic carbocycles. The summed E-state index contributed by atoms with van der Waals surface area (Å²) >= 11 is 0. The van der Waals surface area contributed by atoms with E-state index in [0.29, 0.717) is 12.2 Å². The first kappa shape index (κ1) is 20.9. The molecule has 0 unspecified atom stereocenters. The third kappa shape index (κ3) is 5.29. The van der Waals surface area contributed by atoms with Crippen LogP contribution in [0, 0.1) is 10.1 Å². The monoisotopic (exact) mass is 385 g/mol. The second-order valence-electron chi connectivity index (χ2n) is 6.34. The van der Waals surface area contributed by atoms with E-state index >= 15 is 0 Å². The Morgan fingerprint density at radius 2 is 1.82 bits per heavy atom. The number of hydrogen-bond donors (Lipinski definition) is 2. The fraction of sp³-hybridized carbons (Fsp3) is 0.300. The Labute approximate surface area is 163 Å². The van der Waals surface area contributed by atoms with Gasteiger partial charge in [-0.15, -0.1) is 0 Å². The number of esters is 1. The van der Waals surface area contributed by atoms with E-state index in [1.807, 2.05) is 37.3 Å². The van der Waals surface area contributed by atoms with Gasteiger partial charge in [-0.3, -0.25) is 14.9 Å². The molecule has 2 atom stereocenters. The van der Waals surface area contributed by atoms with Gasteiger partial charge in [0.25, 0.3) is 11.6 Å². The maximum Gasteiger partial charge on any atom is 0.341 e. The molecule has 0 aliphatic heterocycles. The van der Waals surface area contributed by atoms with Crippen molar-refractivity contribution in [3.05, 3.63) is 69.8 Å². The fourth-order valence-corrected chi connectivity index (χ4v) is 2.61. The van der Waals surface area contributed by atoms with Crippen LogP contribution < -0.4 is 10.6 Å². The quantitative estimate of drug-likeness (QED) is 0.410. The predicted octanol–water partition coefficient (Wildman–Crippen LogP) is 3.10. The zero-order valence-electron chi connectivity index (χ0n) is 16.0. The highest BCUT2D eigenvalue weighted by Crippen LogP contribution is 2.23. The molecule has 0 heterocycles. The highest BCUT2D eigenvalue weighted by molar-refractivity contribution is 5.98. The average Bonchev–Trinajstić information content (AvgIpc) is 2.71. The van der Waals surface area contributed by atoms with Crippen LogP contribution in [0.3, 0.4) is 0 Å². The van der Waals surface area contributed by atoms with Crippen LogP contribution in [0.1, 0.15) is 35.7 Å². The Morgan fingerprint density at radius 1 is 1.14 bits per heavy atom. The number of rotatable bonds is 8. The van der Waals surface area contributed by atoms with Crippen molar-refractivity contribution < 1.29 is 19.2 Å². The average molecular weight is 385 g/mol. The van der Waals surface area contributed by atoms with Gasteiger partial charge < -0.3 is 15.4 Å². The van der Waals surface area contributed by atoms with Gasteiger partial charge in [-0.25, -0.2) is 4.79 Å². The van der Waals surface area contributed by atoms with Crippen molar-refractivity contribution in [1.82, 2.24) is 5.32 Å². The molecule has 0 aromatic heterocycles. The Hall–Kier alpha value is -3.42. The molecule has 148 valence electrons. The molecule has 8 heteroatoms. The fourth-order valence-electron chi connectivity index (χ4n) is 2.61. The van der Waals surface area contributed by atoms with E-state index in [0.717, 1.165) is 11.6 Å². The van der Waals surface area contributed by atoms with Gasteiger partial charge in [0.1, 0.15) is 0 Å². The molecule has 2 N–H and O–H groups in total. The molecule has 0 bridgehead atoms. The van der Waals surface area contributed by atoms with Crippen molar-refractivity contribution in [1.29, 1.82) is 0 Å². The molecule has 0 fully saturated rings. The number of nitrogens with one attached hydrogen (secondary N) is 2. The van der Waals surface area contributed by atoms with Gasteiger partial charge >= 0.3 is 5.97 Å². The van der Waals surface area contributed by atoms with E-state index in [2.05, 4.69) is 10.6 Å². The molecule has 1 amide bonds. The van der Waals surface area contributed by atoms with Gasteiger partial charge in [0.15, 0.2) is 6.10 Å². The number of nitro benzene ring substituents is 1. The predicted molar refractivity (Wildman–Crippen MR) is 105 cm³/mol. The Bertz CT molecular complexity index is 854. The standard InChI is InChI=1S/C20H23N3O5/c1-13(15-7-5-4-6-8-15)12-22-19(24)14(2)28-20(25)17-11-16(23(26)27)9-10-18(17)21-3/h4-11,13-14,21H,12H2,1-3H3,(H,22,24)/t13-,14-/m0/s1. The number of hydrogen-bond acceptors (Lipinski definition) is 6. The number of nitro groups is 1. The van der Waals surface area contributed by atoms with Crippen LogP contribution in [0.4, 0.5) is 11.4 Å². The van der Waals surface area contributed by atoms with Gasteiger partial charge in [-0.05, 0) is 24.5 Å². The minimum Gasteiger partial charge on any atom is -0.449 e. The SMILES string of the molecule is CNc1ccc([N+](=O)[O-])cc1C(=O)O[C@@H](C)C(=O)NC[C@H](C)c1ccccc1. The van der Waals surface area contributed by atoms with Crippen molar-refractivity contribution in [2.24, 2.45) is 0 Å². The maximum absolute atomic E-state index is 12.4. The van der Waals surface area contributed by atoms with E-state index in [-0.39, 0.29) is 17.2 Å². The van der Waals surface area contributed by atoms with Crippen LogP contribution in [0.2, 0.25) is 0 Å². The summed E-state index contributed by atoms with van der Waals surface area (Å²) in [4.78, 5) is 35.0. The van der Waals surface area contributed by atoms with Gasteiger partial charge in [0.05, 0.1) is 10.5 Å². The molecule has 8 nitrogen and oxygen atoms in total. The van der Waals surface area contributed by atoms with Crippen LogP contribution in [0.15, 0.2) is 48.5 Å². The Balaban J connectivity index is 1.99. The van der Waals surface area contributed by atoms with Gasteiger partial charge in [0, 0.05) is 31.4 Å². The molecule has 28 heavy (non-hydrogen) atoms. The minimum absolute atomic E-state index is 0.00555. The number of benzene rings is 2. The number of amides is 1. The van der Waals surface area contributed by atoms with Gasteiger partial charge in [-0.1, -0.05) is 37.3 Å². The van der Waals surface area contributed by atoms with E-state index in [1.165, 1.54) is 19.1 Å². The zero-order chi connectivity index (χ0) is 20.7. The molecule has 2 rings (SSSR count). The van der Waals surface area contributed by atoms with Crippen LogP contribution >= 0.6 is 0 Å². The molecule has 0 radical (unpaired) electrons. The third-order valence-corrected chi connectivity index (χ3v) is 4.31. The molecule has 0 saturated carbocycles. The van der Waals surface area contributed by atoms with Gasteiger partial charge in [0.2, 0.25) is 0 Å². The van der Waals surface area contributed by atoms with Crippen molar-refractivity contribution in [2.75, 3.05) is 18.9 Å². The van der Waals surface area contributed by atoms with Crippen molar-refractivity contribution in [3.8, 4) is 0 Å². The summed E-state index contributed by atoms with van der Waals surface area (Å²) in [6, 6.07) is 13.5. The van der Waals surface area contributed by atoms with Crippen LogP contribution in [0.5, 0.6) is 0 Å². The maximum atomic E-state index is 12.4. The third-order valence-electron chi connectivity index (χ3n) is 4.31. The molecule has 0 spiro atoms. The lowest BCUT2D eigenvalue weighted by Crippen LogP contribution is -2.37. The lowest BCUT2D eigenvalue weighted by molar-refractivity contribution is -0.384. The highest BCUT2D eigenvalue weighted by atomic mass is 16.6. The molecule has 0 aliphatic carbocycles. The first-order valence-corrected chi connectivity index (χ1v) is 8.83. The molecule has 0 aliphatic rings. The molecule has 0 saturated heterocycles. The van der Waals surface area contributed by atoms with Crippen LogP contribution in [0.25, 0.3) is 0 Å². The van der Waals surface area contributed by atoms with Crippen molar-refractivity contribution in [3.63, 3.8) is 0 Å². The smallest absolute Gasteiger partial charge is 0.341 e. The lowest BCUT2D eigenvalue weighted by atomic mass is 10.0. The highest BCUT2D eigenvalue weighted by Gasteiger charge is 2.23. The lowest BCUT2D eigenvalue weighted by Gasteiger charge is -2.17. The molecular weight excluding hydrogens is 362 g/mol. The van der Waals surface area contributed by atoms with E-state index < -0.39 is 22.9 Å². The summed E-state index contributed by atoms with van der Waals surface area (Å²) in [5.41, 5.74) is 1.22. The van der Waals surface area contributed by atoms with Crippen LogP contribution in [-0.4, -0.2) is 36.5 Å². The number of nitrogens with zero attached hydrogens (tertiary/aromatic N) is 1. The number of carbonyl (C=O) groups is 2. The van der Waals surface area contributed by atoms with E-state index in [1.54, 1.807) is 7.05 Å². The molecule has 2 aromatic rings.